The maximum atomic E-state index is 16.2. The molecule has 3 saturated heterocycles. The molecule has 0 spiro atoms. The second-order valence-electron chi connectivity index (χ2n) is 11.3. The van der Waals surface area contributed by atoms with Crippen molar-refractivity contribution < 1.29 is 50.3 Å². The van der Waals surface area contributed by atoms with Gasteiger partial charge in [-0.05, 0) is 13.0 Å². The molecular formula is C24H29F2N11O9P2S2. The molecule has 0 aromatic carbocycles. The number of halogens is 2. The predicted molar refractivity (Wildman–Crippen MR) is 174 cm³/mol. The monoisotopic (exact) mass is 779 g/mol. The number of ether oxygens (including phenoxy) is 2. The maximum Gasteiger partial charge on any atom is 0.386 e. The first kappa shape index (κ1) is 35.5. The largest absolute Gasteiger partial charge is 0.386 e. The number of nitrogen functional groups attached to an aromatic ring is 1. The highest BCUT2D eigenvalue weighted by Crippen LogP contribution is 2.60. The van der Waals surface area contributed by atoms with Gasteiger partial charge in [0.15, 0.2) is 53.2 Å². The predicted octanol–water partition coefficient (Wildman–Crippen LogP) is 2.29. The van der Waals surface area contributed by atoms with Crippen molar-refractivity contribution in [1.29, 1.82) is 0 Å². The zero-order valence-electron chi connectivity index (χ0n) is 25.4. The highest BCUT2D eigenvalue weighted by atomic mass is 32.7. The molecule has 5 N–H and O–H groups in total. The van der Waals surface area contributed by atoms with Crippen molar-refractivity contribution in [2.24, 2.45) is 5.73 Å². The third kappa shape index (κ3) is 6.86. The minimum absolute atomic E-state index is 0.0395. The van der Waals surface area contributed by atoms with Crippen LogP contribution in [0.5, 0.6) is 0 Å². The summed E-state index contributed by atoms with van der Waals surface area (Å²) >= 11 is 8.03. The van der Waals surface area contributed by atoms with Gasteiger partial charge in [0, 0.05) is 6.42 Å². The maximum absolute atomic E-state index is 16.2. The van der Waals surface area contributed by atoms with E-state index < -0.39 is 76.0 Å². The third-order valence-corrected chi connectivity index (χ3v) is 11.2. The van der Waals surface area contributed by atoms with E-state index in [2.05, 4.69) is 59.7 Å². The number of hydrogen-bond acceptors (Lipinski definition) is 17. The van der Waals surface area contributed by atoms with Gasteiger partial charge in [-0.2, -0.15) is 0 Å². The molecule has 3 aliphatic heterocycles. The number of carbonyl (C=O) groups is 1. The van der Waals surface area contributed by atoms with E-state index in [0.29, 0.717) is 13.0 Å². The molecule has 0 aliphatic carbocycles. The van der Waals surface area contributed by atoms with Crippen LogP contribution in [0.3, 0.4) is 0 Å². The van der Waals surface area contributed by atoms with Crippen molar-refractivity contribution in [3.05, 3.63) is 25.3 Å². The topological polar surface area (TPSA) is 258 Å². The molecule has 1 amide bonds. The van der Waals surface area contributed by atoms with Gasteiger partial charge in [0.2, 0.25) is 5.91 Å². The molecule has 50 heavy (non-hydrogen) atoms. The number of thiol groups is 2. The van der Waals surface area contributed by atoms with E-state index in [1.54, 1.807) is 0 Å². The Morgan fingerprint density at radius 2 is 1.38 bits per heavy atom. The van der Waals surface area contributed by atoms with Gasteiger partial charge in [-0.25, -0.2) is 47.8 Å². The van der Waals surface area contributed by atoms with Crippen molar-refractivity contribution in [1.82, 2.24) is 39.0 Å². The van der Waals surface area contributed by atoms with Crippen LogP contribution in [-0.2, 0) is 41.5 Å². The van der Waals surface area contributed by atoms with Crippen LogP contribution in [0, 0.1) is 0 Å². The van der Waals surface area contributed by atoms with Gasteiger partial charge >= 0.3 is 13.6 Å². The molecule has 7 rings (SSSR count). The Balaban J connectivity index is 1.13. The van der Waals surface area contributed by atoms with E-state index in [1.807, 2.05) is 0 Å². The van der Waals surface area contributed by atoms with Crippen LogP contribution >= 0.6 is 38.1 Å². The van der Waals surface area contributed by atoms with Crippen LogP contribution in [0.4, 0.5) is 20.4 Å². The summed E-state index contributed by atoms with van der Waals surface area (Å²) in [7, 11) is 0. The summed E-state index contributed by atoms with van der Waals surface area (Å²) in [4.78, 5) is 36.8. The first-order valence-electron chi connectivity index (χ1n) is 14.9. The van der Waals surface area contributed by atoms with Crippen molar-refractivity contribution in [3.8, 4) is 0 Å². The highest BCUT2D eigenvalue weighted by Gasteiger charge is 2.54. The molecule has 7 heterocycles. The molecule has 270 valence electrons. The number of nitrogens with zero attached hydrogens (tertiary/aromatic N) is 8. The van der Waals surface area contributed by atoms with E-state index in [0.717, 1.165) is 12.7 Å². The number of hydrogen-bond donors (Lipinski definition) is 5. The second kappa shape index (κ2) is 13.9. The average molecular weight is 780 g/mol. The molecule has 0 bridgehead atoms. The van der Waals surface area contributed by atoms with Gasteiger partial charge in [0.25, 0.3) is 0 Å². The van der Waals surface area contributed by atoms with Crippen LogP contribution < -0.4 is 16.8 Å². The van der Waals surface area contributed by atoms with E-state index in [9.17, 15) is 13.9 Å². The highest BCUT2D eigenvalue weighted by molar-refractivity contribution is 8.44. The zero-order valence-corrected chi connectivity index (χ0v) is 29.0. The van der Waals surface area contributed by atoms with Crippen molar-refractivity contribution in [2.75, 3.05) is 30.8 Å². The summed E-state index contributed by atoms with van der Waals surface area (Å²) in [5.41, 5.74) is 11.8. The van der Waals surface area contributed by atoms with E-state index >= 15 is 8.78 Å². The number of rotatable bonds is 6. The smallest absolute Gasteiger partial charge is 0.382 e. The SMILES string of the molecule is NCCCC(=O)Nc1ncnc2c1ncn2[C@@H]1O[C@@H]2CO[P@](=O)(S)OC3[C@@H](F)[C@H](n4cnc5c(N)ncnc54)O[C@@H]3CO[P@@](=O)(S)OC2[C@H]1F. The minimum Gasteiger partial charge on any atom is -0.382 e. The number of fused-ring (bicyclic) bond motifs is 4. The van der Waals surface area contributed by atoms with Gasteiger partial charge < -0.3 is 26.3 Å². The van der Waals surface area contributed by atoms with E-state index in [-0.39, 0.29) is 46.3 Å². The van der Waals surface area contributed by atoms with Gasteiger partial charge in [-0.15, -0.1) is 0 Å². The van der Waals surface area contributed by atoms with Crippen molar-refractivity contribution >= 4 is 78.0 Å². The zero-order chi connectivity index (χ0) is 35.4. The number of alkyl halides is 2. The lowest BCUT2D eigenvalue weighted by molar-refractivity contribution is -0.116. The van der Waals surface area contributed by atoms with E-state index in [4.69, 9.17) is 39.0 Å². The van der Waals surface area contributed by atoms with Crippen LogP contribution in [0.1, 0.15) is 25.3 Å². The number of nitrogens with two attached hydrogens (primary N) is 2. The molecule has 0 saturated carbocycles. The van der Waals surface area contributed by atoms with Crippen LogP contribution in [0.15, 0.2) is 25.3 Å². The normalized spacial score (nSPS) is 35.0. The number of amides is 1. The first-order valence-corrected chi connectivity index (χ1v) is 20.3. The fraction of sp³-hybridized carbons (Fsp3) is 0.542. The Kier molecular flexibility index (Phi) is 9.88. The lowest BCUT2D eigenvalue weighted by Crippen LogP contribution is -2.36. The van der Waals surface area contributed by atoms with Crippen LogP contribution in [-0.4, -0.2) is 101 Å². The summed E-state index contributed by atoms with van der Waals surface area (Å²) < 4.78 is 95.3. The molecule has 0 radical (unpaired) electrons. The molecule has 20 nitrogen and oxygen atoms in total. The minimum atomic E-state index is -4.45. The Bertz CT molecular complexity index is 2010. The Labute approximate surface area is 290 Å². The summed E-state index contributed by atoms with van der Waals surface area (Å²) in [5.74, 6) is -0.260. The first-order chi connectivity index (χ1) is 23.9. The molecule has 26 heteroatoms. The Morgan fingerprint density at radius 3 is 1.94 bits per heavy atom. The number of anilines is 2. The van der Waals surface area contributed by atoms with Crippen LogP contribution in [0.2, 0.25) is 0 Å². The number of carbonyl (C=O) groups excluding carboxylic acids is 1. The number of aromatic nitrogens is 8. The van der Waals surface area contributed by atoms with Crippen molar-refractivity contribution in [2.45, 2.75) is 62.1 Å². The van der Waals surface area contributed by atoms with Crippen molar-refractivity contribution in [3.63, 3.8) is 0 Å². The number of nitrogens with one attached hydrogen (secondary N) is 1. The lowest BCUT2D eigenvalue weighted by atomic mass is 10.1. The van der Waals surface area contributed by atoms with Crippen LogP contribution in [0.25, 0.3) is 22.3 Å². The van der Waals surface area contributed by atoms with E-state index in [1.165, 1.54) is 21.8 Å². The quantitative estimate of drug-likeness (QED) is 0.139. The fourth-order valence-electron chi connectivity index (χ4n) is 5.70. The molecule has 4 aromatic rings. The Hall–Kier alpha value is -2.89. The third-order valence-electron chi connectivity index (χ3n) is 8.01. The fourth-order valence-corrected chi connectivity index (χ4v) is 8.67. The summed E-state index contributed by atoms with van der Waals surface area (Å²) in [6, 6.07) is 0. The summed E-state index contributed by atoms with van der Waals surface area (Å²) in [5, 5.41) is 2.62. The molecule has 2 unspecified atom stereocenters. The standard InChI is InChI=1S/C24H29F2N11O9P2S2/c25-13-17-10(43-23(13)36-8-33-15-19(28)29-6-31-21(15)36)4-41-48(40,50)46-18-11(5-42-47(39,49)45-17)44-24(14(18)26)37-9-34-16-20(30-7-32-22(16)37)35-12(38)2-1-3-27/h6-11,13-14,17-18,23-24H,1-5,27H2,(H,39,49)(H,40,50)(H2,28,29,31)(H,30,32,35,38)/t10-,11-,13-,14-,17?,18?,23-,24-,47+,48-/m1/s1. The summed E-state index contributed by atoms with van der Waals surface area (Å²) in [6.07, 6.45) is -7.97. The van der Waals surface area contributed by atoms with Gasteiger partial charge in [0.05, 0.1) is 25.9 Å². The Morgan fingerprint density at radius 1 is 0.860 bits per heavy atom. The molecule has 3 aliphatic rings. The molecule has 4 aromatic heterocycles. The summed E-state index contributed by atoms with van der Waals surface area (Å²) in [6.45, 7) is -9.95. The van der Waals surface area contributed by atoms with Gasteiger partial charge in [-0.1, -0.05) is 24.5 Å². The molecule has 10 atom stereocenters. The molecule has 3 fully saturated rings. The average Bonchev–Trinajstić information content (AvgIpc) is 3.83. The molecular weight excluding hydrogens is 750 g/mol. The van der Waals surface area contributed by atoms with Gasteiger partial charge in [-0.3, -0.25) is 32.0 Å². The van der Waals surface area contributed by atoms with Gasteiger partial charge in [0.1, 0.15) is 42.6 Å². The second-order valence-corrected chi connectivity index (χ2v) is 17.0. The lowest BCUT2D eigenvalue weighted by Gasteiger charge is -2.28. The number of imidazole rings is 2.